The molecule has 1 amide bonds. The first-order chi connectivity index (χ1) is 13.8. The Morgan fingerprint density at radius 3 is 2.90 bits per heavy atom. The maximum Gasteiger partial charge on any atom is 0.256 e. The Balaban J connectivity index is 1.43. The van der Waals surface area contributed by atoms with Gasteiger partial charge in [-0.1, -0.05) is 0 Å². The molecule has 1 atom stereocenters. The number of nitrogens with zero attached hydrogens (tertiary/aromatic N) is 3. The van der Waals surface area contributed by atoms with Gasteiger partial charge in [-0.3, -0.25) is 4.79 Å². The van der Waals surface area contributed by atoms with Crippen LogP contribution in [0, 0.1) is 6.92 Å². The molecule has 0 spiro atoms. The van der Waals surface area contributed by atoms with Gasteiger partial charge in [0.25, 0.3) is 5.91 Å². The molecule has 0 aromatic carbocycles. The van der Waals surface area contributed by atoms with Crippen molar-refractivity contribution in [3.05, 3.63) is 47.4 Å². The summed E-state index contributed by atoms with van der Waals surface area (Å²) in [6.07, 6.45) is 11.1. The topological polar surface area (TPSA) is 99.1 Å². The molecule has 1 fully saturated rings. The predicted octanol–water partition coefficient (Wildman–Crippen LogP) is 1.71. The largest absolute Gasteiger partial charge is 0.474 e. The van der Waals surface area contributed by atoms with Gasteiger partial charge in [0.05, 0.1) is 12.6 Å². The highest BCUT2D eigenvalue weighted by atomic mass is 16.5. The first-order valence-corrected chi connectivity index (χ1v) is 9.95. The quantitative estimate of drug-likeness (QED) is 0.700. The Morgan fingerprint density at radius 2 is 2.24 bits per heavy atom. The zero-order chi connectivity index (χ0) is 20.6. The van der Waals surface area contributed by atoms with Crippen molar-refractivity contribution in [1.82, 2.24) is 20.7 Å². The Morgan fingerprint density at radius 1 is 1.45 bits per heavy atom. The lowest BCUT2D eigenvalue weighted by Gasteiger charge is -2.26. The number of aliphatic imine (C=N–C) groups is 1. The number of pyridine rings is 1. The second-order valence-corrected chi connectivity index (χ2v) is 8.29. The van der Waals surface area contributed by atoms with E-state index in [4.69, 9.17) is 4.74 Å². The number of carbonyl (C=O) groups is 1. The van der Waals surface area contributed by atoms with Crippen molar-refractivity contribution < 1.29 is 14.6 Å². The maximum atomic E-state index is 12.1. The molecule has 2 aliphatic heterocycles. The molecule has 0 bridgehead atoms. The van der Waals surface area contributed by atoms with Gasteiger partial charge in [-0.05, 0) is 57.7 Å². The van der Waals surface area contributed by atoms with Gasteiger partial charge in [-0.2, -0.15) is 0 Å². The van der Waals surface area contributed by atoms with Crippen LogP contribution in [-0.2, 0) is 11.3 Å². The van der Waals surface area contributed by atoms with Gasteiger partial charge in [-0.15, -0.1) is 0 Å². The second-order valence-electron chi connectivity index (χ2n) is 8.29. The van der Waals surface area contributed by atoms with Crippen molar-refractivity contribution in [2.75, 3.05) is 0 Å². The normalized spacial score (nSPS) is 21.2. The van der Waals surface area contributed by atoms with E-state index in [1.54, 1.807) is 6.20 Å². The Labute approximate surface area is 170 Å². The molecule has 4 rings (SSSR count). The third-order valence-electron chi connectivity index (χ3n) is 5.25. The Bertz CT molecular complexity index is 896. The molecule has 1 unspecified atom stereocenters. The Kier molecular flexibility index (Phi) is 5.14. The lowest BCUT2D eigenvalue weighted by atomic mass is 9.96. The average Bonchev–Trinajstić information content (AvgIpc) is 3.02. The summed E-state index contributed by atoms with van der Waals surface area (Å²) in [6, 6.07) is 2.00. The molecule has 8 heteroatoms. The summed E-state index contributed by atoms with van der Waals surface area (Å²) < 4.78 is 5.92. The number of nitrogens with one attached hydrogen (secondary N) is 2. The SMILES string of the molecule is Cc1cc(CN2C=C3C(NC(=O)C(C)(C)O)=NC=CC3N2)cnc1OC1CCC1. The van der Waals surface area contributed by atoms with Crippen molar-refractivity contribution >= 4 is 11.7 Å². The van der Waals surface area contributed by atoms with E-state index in [1.807, 2.05) is 30.4 Å². The first kappa shape index (κ1) is 19.6. The number of fused-ring (bicyclic) bond motifs is 1. The molecule has 1 saturated carbocycles. The number of aliphatic hydroxyl groups is 1. The van der Waals surface area contributed by atoms with Gasteiger partial charge in [-0.25, -0.2) is 15.4 Å². The molecule has 1 aliphatic carbocycles. The van der Waals surface area contributed by atoms with Crippen LogP contribution in [0.1, 0.15) is 44.2 Å². The maximum absolute atomic E-state index is 12.1. The lowest BCUT2D eigenvalue weighted by Crippen LogP contribution is -2.47. The van der Waals surface area contributed by atoms with Crippen molar-refractivity contribution in [2.24, 2.45) is 4.99 Å². The van der Waals surface area contributed by atoms with E-state index in [0.717, 1.165) is 29.5 Å². The van der Waals surface area contributed by atoms with E-state index >= 15 is 0 Å². The van der Waals surface area contributed by atoms with Crippen molar-refractivity contribution in [1.29, 1.82) is 0 Å². The third kappa shape index (κ3) is 4.33. The number of carbonyl (C=O) groups excluding carboxylic acids is 1. The Hall–Kier alpha value is -2.71. The minimum absolute atomic E-state index is 0.0834. The number of amidine groups is 1. The summed E-state index contributed by atoms with van der Waals surface area (Å²) in [5.41, 5.74) is 4.82. The summed E-state index contributed by atoms with van der Waals surface area (Å²) in [5.74, 6) is 0.663. The third-order valence-corrected chi connectivity index (χ3v) is 5.25. The summed E-state index contributed by atoms with van der Waals surface area (Å²) in [7, 11) is 0. The number of aromatic nitrogens is 1. The van der Waals surface area contributed by atoms with Gasteiger partial charge in [0.1, 0.15) is 17.5 Å². The highest BCUT2D eigenvalue weighted by Gasteiger charge is 2.32. The standard InChI is InChI=1S/C21H27N5O3/c1-13-9-14(10-23-19(13)29-15-5-4-6-15)11-26-12-16-17(25-26)7-8-22-18(16)24-20(27)21(2,3)28/h7-10,12,15,17,25,28H,4-6,11H2,1-3H3,(H,22,24,27). The molecular weight excluding hydrogens is 370 g/mol. The molecule has 3 heterocycles. The van der Waals surface area contributed by atoms with Crippen LogP contribution >= 0.6 is 0 Å². The van der Waals surface area contributed by atoms with E-state index < -0.39 is 11.5 Å². The van der Waals surface area contributed by atoms with E-state index in [2.05, 4.69) is 26.8 Å². The fourth-order valence-electron chi connectivity index (χ4n) is 3.30. The van der Waals surface area contributed by atoms with E-state index in [-0.39, 0.29) is 6.04 Å². The van der Waals surface area contributed by atoms with Gasteiger partial charge < -0.3 is 20.2 Å². The lowest BCUT2D eigenvalue weighted by molar-refractivity contribution is -0.134. The van der Waals surface area contributed by atoms with Gasteiger partial charge in [0.15, 0.2) is 0 Å². The van der Waals surface area contributed by atoms with Crippen LogP contribution in [0.2, 0.25) is 0 Å². The van der Waals surface area contributed by atoms with Crippen LogP contribution in [0.15, 0.2) is 41.3 Å². The number of aryl methyl sites for hydroxylation is 1. The molecule has 0 saturated heterocycles. The zero-order valence-electron chi connectivity index (χ0n) is 17.0. The number of amides is 1. The number of ether oxygens (including phenoxy) is 1. The van der Waals surface area contributed by atoms with E-state index in [1.165, 1.54) is 20.3 Å². The average molecular weight is 397 g/mol. The smallest absolute Gasteiger partial charge is 0.256 e. The minimum Gasteiger partial charge on any atom is -0.474 e. The van der Waals surface area contributed by atoms with Crippen molar-refractivity contribution in [3.8, 4) is 5.88 Å². The molecule has 0 radical (unpaired) electrons. The van der Waals surface area contributed by atoms with Crippen LogP contribution in [0.3, 0.4) is 0 Å². The molecule has 1 aromatic heterocycles. The second kappa shape index (κ2) is 7.61. The number of rotatable bonds is 5. The summed E-state index contributed by atoms with van der Waals surface area (Å²) in [5, 5.41) is 14.5. The predicted molar refractivity (Wildman–Crippen MR) is 109 cm³/mol. The monoisotopic (exact) mass is 397 g/mol. The van der Waals surface area contributed by atoms with Crippen LogP contribution < -0.4 is 15.5 Å². The summed E-state index contributed by atoms with van der Waals surface area (Å²) in [4.78, 5) is 20.9. The van der Waals surface area contributed by atoms with Crippen LogP contribution in [0.25, 0.3) is 0 Å². The molecule has 29 heavy (non-hydrogen) atoms. The molecule has 1 aromatic rings. The molecular formula is C21H27N5O3. The highest BCUT2D eigenvalue weighted by Crippen LogP contribution is 2.27. The van der Waals surface area contributed by atoms with Crippen molar-refractivity contribution in [2.45, 2.75) is 64.3 Å². The van der Waals surface area contributed by atoms with Crippen LogP contribution in [0.4, 0.5) is 0 Å². The number of hydrogen-bond acceptors (Lipinski definition) is 7. The van der Waals surface area contributed by atoms with Gasteiger partial charge >= 0.3 is 0 Å². The van der Waals surface area contributed by atoms with E-state index in [0.29, 0.717) is 24.4 Å². The molecule has 8 nitrogen and oxygen atoms in total. The van der Waals surface area contributed by atoms with E-state index in [9.17, 15) is 9.90 Å². The number of hydrogen-bond donors (Lipinski definition) is 3. The summed E-state index contributed by atoms with van der Waals surface area (Å²) in [6.45, 7) is 5.51. The fourth-order valence-corrected chi connectivity index (χ4v) is 3.30. The minimum atomic E-state index is -1.47. The molecule has 154 valence electrons. The van der Waals surface area contributed by atoms with Crippen LogP contribution in [-0.4, -0.2) is 44.6 Å². The molecule has 3 aliphatic rings. The van der Waals surface area contributed by atoms with Crippen LogP contribution in [0.5, 0.6) is 5.88 Å². The first-order valence-electron chi connectivity index (χ1n) is 9.95. The van der Waals surface area contributed by atoms with Gasteiger partial charge in [0, 0.05) is 29.7 Å². The molecule has 3 N–H and O–H groups in total. The highest BCUT2D eigenvalue weighted by molar-refractivity contribution is 6.11. The number of hydrazine groups is 1. The fraction of sp³-hybridized carbons (Fsp3) is 0.476. The summed E-state index contributed by atoms with van der Waals surface area (Å²) >= 11 is 0. The van der Waals surface area contributed by atoms with Crippen molar-refractivity contribution in [3.63, 3.8) is 0 Å². The van der Waals surface area contributed by atoms with Gasteiger partial charge in [0.2, 0.25) is 5.88 Å². The zero-order valence-corrected chi connectivity index (χ0v) is 17.0.